The van der Waals surface area contributed by atoms with Crippen molar-refractivity contribution in [2.24, 2.45) is 4.99 Å². The molecule has 3 heterocycles. The molecule has 5 rings (SSSR count). The number of para-hydroxylation sites is 2. The Labute approximate surface area is 197 Å². The summed E-state index contributed by atoms with van der Waals surface area (Å²) in [5.74, 6) is 0.781. The molecule has 1 amide bonds. The van der Waals surface area contributed by atoms with Crippen LogP contribution in [0.1, 0.15) is 17.0 Å². The second kappa shape index (κ2) is 8.92. The van der Waals surface area contributed by atoms with Crippen LogP contribution in [0.4, 0.5) is 11.4 Å². The highest BCUT2D eigenvalue weighted by Gasteiger charge is 2.35. The first-order chi connectivity index (χ1) is 16.1. The van der Waals surface area contributed by atoms with Crippen LogP contribution in [-0.2, 0) is 4.79 Å². The van der Waals surface area contributed by atoms with Crippen LogP contribution in [0.2, 0.25) is 0 Å². The number of nitrogens with zero attached hydrogens (tertiary/aromatic N) is 4. The van der Waals surface area contributed by atoms with Crippen LogP contribution >= 0.6 is 11.8 Å². The number of thioether (sulfide) groups is 1. The lowest BCUT2D eigenvalue weighted by Gasteiger charge is -2.15. The molecule has 0 unspecified atom stereocenters. The van der Waals surface area contributed by atoms with Gasteiger partial charge in [-0.05, 0) is 79.7 Å². The number of hydrogen-bond donors (Lipinski definition) is 0. The molecular formula is C27H22N4OS. The van der Waals surface area contributed by atoms with Gasteiger partial charge >= 0.3 is 0 Å². The van der Waals surface area contributed by atoms with Gasteiger partial charge < -0.3 is 4.57 Å². The zero-order chi connectivity index (χ0) is 22.8. The molecule has 0 saturated carbocycles. The fraction of sp³-hybridized carbons (Fsp3) is 0.0741. The number of pyridine rings is 1. The molecule has 0 N–H and O–H groups in total. The monoisotopic (exact) mass is 450 g/mol. The van der Waals surface area contributed by atoms with E-state index in [1.54, 1.807) is 11.1 Å². The zero-order valence-corrected chi connectivity index (χ0v) is 19.2. The van der Waals surface area contributed by atoms with E-state index >= 15 is 0 Å². The Balaban J connectivity index is 1.57. The first-order valence-electron chi connectivity index (χ1n) is 10.6. The minimum absolute atomic E-state index is 0.0801. The maximum absolute atomic E-state index is 13.5. The quantitative estimate of drug-likeness (QED) is 0.343. The van der Waals surface area contributed by atoms with Crippen molar-refractivity contribution >= 4 is 40.3 Å². The van der Waals surface area contributed by atoms with Gasteiger partial charge in [-0.1, -0.05) is 42.5 Å². The summed E-state index contributed by atoms with van der Waals surface area (Å²) in [6.45, 7) is 4.10. The second-order valence-electron chi connectivity index (χ2n) is 7.67. The highest BCUT2D eigenvalue weighted by atomic mass is 32.2. The van der Waals surface area contributed by atoms with E-state index in [9.17, 15) is 4.79 Å². The Morgan fingerprint density at radius 3 is 2.30 bits per heavy atom. The molecule has 4 aromatic rings. The molecule has 6 heteroatoms. The van der Waals surface area contributed by atoms with Crippen molar-refractivity contribution in [3.05, 3.63) is 113 Å². The van der Waals surface area contributed by atoms with Gasteiger partial charge in [0, 0.05) is 17.6 Å². The molecule has 33 heavy (non-hydrogen) atoms. The lowest BCUT2D eigenvalue weighted by Crippen LogP contribution is -2.28. The van der Waals surface area contributed by atoms with Gasteiger partial charge in [-0.2, -0.15) is 0 Å². The summed E-state index contributed by atoms with van der Waals surface area (Å²) in [7, 11) is 0. The maximum Gasteiger partial charge on any atom is 0.271 e. The summed E-state index contributed by atoms with van der Waals surface area (Å²) >= 11 is 1.39. The van der Waals surface area contributed by atoms with Crippen LogP contribution in [-0.4, -0.2) is 20.6 Å². The van der Waals surface area contributed by atoms with Gasteiger partial charge in [0.25, 0.3) is 5.91 Å². The van der Waals surface area contributed by atoms with Gasteiger partial charge in [0.2, 0.25) is 0 Å². The van der Waals surface area contributed by atoms with Gasteiger partial charge in [0.05, 0.1) is 16.3 Å². The predicted octanol–water partition coefficient (Wildman–Crippen LogP) is 6.30. The fourth-order valence-electron chi connectivity index (χ4n) is 3.88. The lowest BCUT2D eigenvalue weighted by atomic mass is 10.2. The van der Waals surface area contributed by atoms with Crippen molar-refractivity contribution in [3.8, 4) is 5.82 Å². The van der Waals surface area contributed by atoms with E-state index in [1.165, 1.54) is 11.8 Å². The van der Waals surface area contributed by atoms with E-state index in [2.05, 4.69) is 15.6 Å². The number of aromatic nitrogens is 2. The third kappa shape index (κ3) is 4.13. The zero-order valence-electron chi connectivity index (χ0n) is 18.3. The van der Waals surface area contributed by atoms with E-state index in [4.69, 9.17) is 4.99 Å². The van der Waals surface area contributed by atoms with E-state index in [0.29, 0.717) is 10.1 Å². The molecule has 1 aliphatic rings. The fourth-order valence-corrected chi connectivity index (χ4v) is 4.87. The molecule has 0 radical (unpaired) electrons. The Bertz CT molecular complexity index is 1360. The number of aliphatic imine (C=N–C) groups is 1. The van der Waals surface area contributed by atoms with Crippen molar-refractivity contribution < 1.29 is 4.79 Å². The van der Waals surface area contributed by atoms with Crippen molar-refractivity contribution in [1.29, 1.82) is 0 Å². The number of carbonyl (C=O) groups is 1. The second-order valence-corrected chi connectivity index (χ2v) is 8.68. The first-order valence-corrected chi connectivity index (χ1v) is 11.5. The normalized spacial score (nSPS) is 16.2. The molecule has 5 nitrogen and oxygen atoms in total. The number of aryl methyl sites for hydroxylation is 1. The van der Waals surface area contributed by atoms with Gasteiger partial charge in [0.15, 0.2) is 5.17 Å². The first kappa shape index (κ1) is 21.0. The van der Waals surface area contributed by atoms with Crippen molar-refractivity contribution in [3.63, 3.8) is 0 Å². The summed E-state index contributed by atoms with van der Waals surface area (Å²) in [6.07, 6.45) is 3.74. The molecule has 2 aromatic heterocycles. The number of amidine groups is 1. The number of rotatable bonds is 4. The van der Waals surface area contributed by atoms with Crippen LogP contribution in [0, 0.1) is 13.8 Å². The molecule has 1 saturated heterocycles. The van der Waals surface area contributed by atoms with E-state index in [0.717, 1.165) is 34.1 Å². The van der Waals surface area contributed by atoms with E-state index < -0.39 is 0 Å². The number of benzene rings is 2. The average Bonchev–Trinajstić information content (AvgIpc) is 3.30. The SMILES string of the molecule is Cc1cc(/C=C2\SC(=Nc3ccccc3)N(c3ccccc3)C2=O)c(C)n1-c1ccccn1. The molecule has 162 valence electrons. The molecule has 2 aromatic carbocycles. The summed E-state index contributed by atoms with van der Waals surface area (Å²) < 4.78 is 2.10. The smallest absolute Gasteiger partial charge is 0.271 e. The van der Waals surface area contributed by atoms with Gasteiger partial charge in [-0.15, -0.1) is 0 Å². The highest BCUT2D eigenvalue weighted by molar-refractivity contribution is 8.19. The van der Waals surface area contributed by atoms with Crippen LogP contribution in [0.5, 0.6) is 0 Å². The largest absolute Gasteiger partial charge is 0.303 e. The number of hydrogen-bond acceptors (Lipinski definition) is 4. The van der Waals surface area contributed by atoms with Crippen LogP contribution in [0.25, 0.3) is 11.9 Å². The van der Waals surface area contributed by atoms with Crippen molar-refractivity contribution in [2.45, 2.75) is 13.8 Å². The van der Waals surface area contributed by atoms with Gasteiger partial charge in [0.1, 0.15) is 5.82 Å². The number of carbonyl (C=O) groups excluding carboxylic acids is 1. The maximum atomic E-state index is 13.5. The van der Waals surface area contributed by atoms with E-state index in [-0.39, 0.29) is 5.91 Å². The summed E-state index contributed by atoms with van der Waals surface area (Å²) in [5.41, 5.74) is 4.69. The molecule has 0 spiro atoms. The minimum atomic E-state index is -0.0801. The van der Waals surface area contributed by atoms with Gasteiger partial charge in [-0.3, -0.25) is 9.69 Å². The van der Waals surface area contributed by atoms with Crippen LogP contribution < -0.4 is 4.90 Å². The van der Waals surface area contributed by atoms with E-state index in [1.807, 2.05) is 98.8 Å². The molecule has 0 aliphatic carbocycles. The summed E-state index contributed by atoms with van der Waals surface area (Å²) in [4.78, 5) is 25.1. The topological polar surface area (TPSA) is 50.5 Å². The molecule has 0 atom stereocenters. The third-order valence-electron chi connectivity index (χ3n) is 5.44. The standard InChI is InChI=1S/C27H22N4OS/c1-19-17-21(20(2)30(19)25-15-9-10-16-28-25)18-24-26(32)31(23-13-7-4-8-14-23)27(33-24)29-22-11-5-3-6-12-22/h3-18H,1-2H3/b24-18-,29-27?. The Hall–Kier alpha value is -3.90. The molecular weight excluding hydrogens is 428 g/mol. The highest BCUT2D eigenvalue weighted by Crippen LogP contribution is 2.38. The average molecular weight is 451 g/mol. The minimum Gasteiger partial charge on any atom is -0.303 e. The molecule has 0 bridgehead atoms. The van der Waals surface area contributed by atoms with Crippen molar-refractivity contribution in [1.82, 2.24) is 9.55 Å². The Morgan fingerprint density at radius 1 is 0.909 bits per heavy atom. The van der Waals surface area contributed by atoms with Crippen LogP contribution in [0.3, 0.4) is 0 Å². The summed E-state index contributed by atoms with van der Waals surface area (Å²) in [5, 5.41) is 0.641. The lowest BCUT2D eigenvalue weighted by molar-refractivity contribution is -0.113. The number of anilines is 1. The number of amides is 1. The van der Waals surface area contributed by atoms with Crippen LogP contribution in [0.15, 0.2) is 101 Å². The predicted molar refractivity (Wildman–Crippen MR) is 136 cm³/mol. The third-order valence-corrected chi connectivity index (χ3v) is 6.41. The molecule has 1 aliphatic heterocycles. The Morgan fingerprint density at radius 2 is 1.61 bits per heavy atom. The Kier molecular flexibility index (Phi) is 5.67. The van der Waals surface area contributed by atoms with Crippen molar-refractivity contribution in [2.75, 3.05) is 4.90 Å². The summed E-state index contributed by atoms with van der Waals surface area (Å²) in [6, 6.07) is 27.3. The molecule has 1 fully saturated rings. The van der Waals surface area contributed by atoms with Gasteiger partial charge in [-0.25, -0.2) is 9.98 Å².